The standard InChI is InChI=1S/C18H21F3N6O2/c19-18(20,21)13-9-15(22)23-11-12(13)14-10-16(26-1-5-28-6-2-26)25-17(24-14)27-3-7-29-8-4-27/h9-11H,1-8H2,(H2,22,23)/i14+1,16+1,17+1. The topological polar surface area (TPSA) is 89.6 Å². The van der Waals surface area contributed by atoms with E-state index < -0.39 is 11.7 Å². The Bertz CT molecular complexity index is 831. The zero-order chi connectivity index (χ0) is 20.4. The summed E-state index contributed by atoms with van der Waals surface area (Å²) < 4.78 is 51.7. The van der Waals surface area contributed by atoms with E-state index in [4.69, 9.17) is 15.2 Å². The Morgan fingerprint density at radius 1 is 0.897 bits per heavy atom. The van der Waals surface area contributed by atoms with E-state index in [0.717, 1.165) is 12.3 Å². The molecule has 2 aromatic heterocycles. The average molecular weight is 413 g/mol. The maximum absolute atomic E-state index is 13.6. The van der Waals surface area contributed by atoms with Crippen LogP contribution in [0.1, 0.15) is 5.56 Å². The number of rotatable bonds is 3. The number of nitrogen functional groups attached to an aromatic ring is 1. The maximum Gasteiger partial charge on any atom is 0.417 e. The van der Waals surface area contributed by atoms with Gasteiger partial charge in [-0.1, -0.05) is 0 Å². The van der Waals surface area contributed by atoms with E-state index in [-0.39, 0.29) is 17.1 Å². The maximum atomic E-state index is 13.6. The molecule has 0 spiro atoms. The molecule has 2 N–H and O–H groups in total. The quantitative estimate of drug-likeness (QED) is 0.815. The molecule has 0 radical (unpaired) electrons. The number of hydrogen-bond donors (Lipinski definition) is 1. The lowest BCUT2D eigenvalue weighted by Gasteiger charge is -2.31. The van der Waals surface area contributed by atoms with Crippen molar-refractivity contribution >= 4 is 17.6 Å². The lowest BCUT2D eigenvalue weighted by atomic mass is 10.2. The van der Waals surface area contributed by atoms with Gasteiger partial charge >= 0.3 is 6.18 Å². The molecule has 2 fully saturated rings. The monoisotopic (exact) mass is 413 g/mol. The van der Waals surface area contributed by atoms with Gasteiger partial charge in [-0.25, -0.2) is 9.97 Å². The first-order valence-electron chi connectivity index (χ1n) is 9.29. The van der Waals surface area contributed by atoms with Crippen LogP contribution >= 0.6 is 0 Å². The van der Waals surface area contributed by atoms with E-state index >= 15 is 0 Å². The number of nitrogens with two attached hydrogens (primary N) is 1. The fourth-order valence-corrected chi connectivity index (χ4v) is 3.33. The van der Waals surface area contributed by atoms with Crippen LogP contribution in [0.2, 0.25) is 0 Å². The molecule has 29 heavy (non-hydrogen) atoms. The van der Waals surface area contributed by atoms with Crippen LogP contribution < -0.4 is 15.5 Å². The van der Waals surface area contributed by atoms with Crippen LogP contribution in [0.4, 0.5) is 30.8 Å². The van der Waals surface area contributed by atoms with E-state index in [9.17, 15) is 13.2 Å². The van der Waals surface area contributed by atoms with Crippen LogP contribution in [0.5, 0.6) is 0 Å². The van der Waals surface area contributed by atoms with Crippen molar-refractivity contribution in [3.8, 4) is 11.3 Å². The molecule has 0 amide bonds. The number of anilines is 3. The van der Waals surface area contributed by atoms with Gasteiger partial charge < -0.3 is 25.0 Å². The second-order valence-electron chi connectivity index (χ2n) is 6.76. The molecule has 0 unspecified atom stereocenters. The van der Waals surface area contributed by atoms with Gasteiger partial charge in [-0.05, 0) is 6.07 Å². The molecule has 0 bridgehead atoms. The summed E-state index contributed by atoms with van der Waals surface area (Å²) in [5.74, 6) is 0.735. The van der Waals surface area contributed by atoms with Gasteiger partial charge in [0.25, 0.3) is 0 Å². The van der Waals surface area contributed by atoms with Crippen molar-refractivity contribution in [3.05, 3.63) is 23.9 Å². The molecule has 0 atom stereocenters. The van der Waals surface area contributed by atoms with Crippen molar-refractivity contribution in [2.45, 2.75) is 6.18 Å². The van der Waals surface area contributed by atoms with Gasteiger partial charge in [0.05, 0.1) is 37.7 Å². The van der Waals surface area contributed by atoms with Crippen molar-refractivity contribution in [1.29, 1.82) is 0 Å². The van der Waals surface area contributed by atoms with Crippen LogP contribution in [0, 0.1) is 0 Å². The second kappa shape index (κ2) is 7.99. The second-order valence-corrected chi connectivity index (χ2v) is 6.76. The third-order valence-electron chi connectivity index (χ3n) is 4.84. The predicted octanol–water partition coefficient (Wildman–Crippen LogP) is 1.81. The summed E-state index contributed by atoms with van der Waals surface area (Å²) in [6.07, 6.45) is -3.47. The van der Waals surface area contributed by atoms with Gasteiger partial charge in [0.15, 0.2) is 0 Å². The Morgan fingerprint density at radius 2 is 1.52 bits per heavy atom. The van der Waals surface area contributed by atoms with Gasteiger partial charge in [-0.2, -0.15) is 18.2 Å². The molecule has 0 aromatic carbocycles. The number of alkyl halides is 3. The van der Waals surface area contributed by atoms with Crippen LogP contribution in [0.15, 0.2) is 18.3 Å². The van der Waals surface area contributed by atoms with Crippen LogP contribution in [0.25, 0.3) is 11.3 Å². The van der Waals surface area contributed by atoms with Crippen LogP contribution in [-0.4, -0.2) is 67.6 Å². The zero-order valence-electron chi connectivity index (χ0n) is 15.7. The summed E-state index contributed by atoms with van der Waals surface area (Å²) in [7, 11) is 0. The molecular formula is C18H21F3N6O2. The normalized spacial score (nSPS) is 18.2. The summed E-state index contributed by atoms with van der Waals surface area (Å²) in [5.41, 5.74) is 4.67. The molecule has 0 aliphatic carbocycles. The third kappa shape index (κ3) is 4.35. The van der Waals surface area contributed by atoms with Crippen molar-refractivity contribution < 1.29 is 22.6 Å². The highest BCUT2D eigenvalue weighted by Gasteiger charge is 2.35. The molecule has 4 rings (SSSR count). The fraction of sp³-hybridized carbons (Fsp3) is 0.500. The number of hydrogen-bond acceptors (Lipinski definition) is 8. The van der Waals surface area contributed by atoms with E-state index in [0.29, 0.717) is 64.4 Å². The summed E-state index contributed by atoms with van der Waals surface area (Å²) in [6.45, 7) is 4.43. The van der Waals surface area contributed by atoms with Gasteiger partial charge in [0.1, 0.15) is 11.6 Å². The molecule has 2 aliphatic rings. The average Bonchev–Trinajstić information content (AvgIpc) is 2.74. The number of ether oxygens (including phenoxy) is 2. The molecule has 0 saturated carbocycles. The summed E-state index contributed by atoms with van der Waals surface area (Å²) in [6, 6.07) is 2.40. The van der Waals surface area contributed by atoms with Gasteiger partial charge in [0, 0.05) is 44.0 Å². The number of halogens is 3. The van der Waals surface area contributed by atoms with E-state index in [1.165, 1.54) is 0 Å². The molecule has 11 heteroatoms. The van der Waals surface area contributed by atoms with Crippen molar-refractivity contribution in [3.63, 3.8) is 0 Å². The molecule has 2 aliphatic heterocycles. The number of morpholine rings is 2. The largest absolute Gasteiger partial charge is 0.417 e. The Labute approximate surface area is 165 Å². The zero-order valence-corrected chi connectivity index (χ0v) is 15.7. The molecular weight excluding hydrogens is 392 g/mol. The lowest BCUT2D eigenvalue weighted by molar-refractivity contribution is -0.137. The van der Waals surface area contributed by atoms with E-state index in [1.54, 1.807) is 6.07 Å². The SMILES string of the molecule is Nc1cc(C(F)(F)F)c(-[13c]2c[13c](N3CCOCC3)n[13c](N3CCOCC3)n2)cn1. The highest BCUT2D eigenvalue weighted by atomic mass is 19.4. The van der Waals surface area contributed by atoms with E-state index in [1.807, 2.05) is 9.80 Å². The molecule has 8 nitrogen and oxygen atoms in total. The number of pyridine rings is 1. The molecule has 156 valence electrons. The Kier molecular flexibility index (Phi) is 5.41. The van der Waals surface area contributed by atoms with E-state index in [2.05, 4.69) is 15.0 Å². The van der Waals surface area contributed by atoms with Gasteiger partial charge in [-0.15, -0.1) is 0 Å². The van der Waals surface area contributed by atoms with Crippen LogP contribution in [0.3, 0.4) is 0 Å². The summed E-state index contributed by atoms with van der Waals surface area (Å²) >= 11 is 0. The molecule has 4 heterocycles. The minimum Gasteiger partial charge on any atom is -0.384 e. The lowest BCUT2D eigenvalue weighted by Crippen LogP contribution is -2.39. The molecule has 2 saturated heterocycles. The third-order valence-corrected chi connectivity index (χ3v) is 4.84. The van der Waals surface area contributed by atoms with Crippen molar-refractivity contribution in [2.75, 3.05) is 68.1 Å². The molecule has 2 aromatic rings. The fourth-order valence-electron chi connectivity index (χ4n) is 3.33. The minimum atomic E-state index is -4.59. The van der Waals surface area contributed by atoms with Gasteiger partial charge in [0.2, 0.25) is 5.95 Å². The highest BCUT2D eigenvalue weighted by Crippen LogP contribution is 2.38. The Morgan fingerprint density at radius 3 is 2.14 bits per heavy atom. The number of nitrogens with zero attached hydrogens (tertiary/aromatic N) is 5. The van der Waals surface area contributed by atoms with Crippen molar-refractivity contribution in [1.82, 2.24) is 15.0 Å². The highest BCUT2D eigenvalue weighted by molar-refractivity contribution is 5.69. The van der Waals surface area contributed by atoms with Crippen molar-refractivity contribution in [2.24, 2.45) is 0 Å². The predicted molar refractivity (Wildman–Crippen MR) is 101 cm³/mol. The first kappa shape index (κ1) is 19.6. The Hall–Kier alpha value is -2.66. The smallest absolute Gasteiger partial charge is 0.384 e. The summed E-state index contributed by atoms with van der Waals surface area (Å²) in [5, 5.41) is 0. The van der Waals surface area contributed by atoms with Crippen LogP contribution in [-0.2, 0) is 15.7 Å². The minimum absolute atomic E-state index is 0.127. The first-order valence-corrected chi connectivity index (χ1v) is 9.29. The number of aromatic nitrogens is 3. The van der Waals surface area contributed by atoms with Gasteiger partial charge in [-0.3, -0.25) is 0 Å². The summed E-state index contributed by atoms with van der Waals surface area (Å²) in [4.78, 5) is 16.8. The Balaban J connectivity index is 1.82. The first-order chi connectivity index (χ1) is 13.9.